The summed E-state index contributed by atoms with van der Waals surface area (Å²) in [5.41, 5.74) is 1.31. The number of hydrogen-bond donors (Lipinski definition) is 2. The van der Waals surface area contributed by atoms with Crippen molar-refractivity contribution in [3.05, 3.63) is 64.6 Å². The normalized spacial score (nSPS) is 12.1. The molecule has 2 N–H and O–H groups in total. The Balaban J connectivity index is 1.84. The van der Waals surface area contributed by atoms with E-state index >= 15 is 0 Å². The molecule has 0 aliphatic heterocycles. The maximum atomic E-state index is 12.8. The van der Waals surface area contributed by atoms with Crippen molar-refractivity contribution in [2.75, 3.05) is 23.8 Å². The molecular formula is C24H32N4O3Si. The molecule has 0 radical (unpaired) electrons. The Hall–Kier alpha value is -2.97. The van der Waals surface area contributed by atoms with Gasteiger partial charge in [0.1, 0.15) is 11.4 Å². The first-order valence-corrected chi connectivity index (χ1v) is 13.6. The third-order valence-electron chi connectivity index (χ3n) is 6.11. The summed E-state index contributed by atoms with van der Waals surface area (Å²) in [5.74, 6) is -0.0869. The Morgan fingerprint density at radius 1 is 1.16 bits per heavy atom. The molecule has 0 aliphatic rings. The van der Waals surface area contributed by atoms with Crippen LogP contribution in [0.25, 0.3) is 10.9 Å². The van der Waals surface area contributed by atoms with E-state index in [-0.39, 0.29) is 16.2 Å². The average molecular weight is 453 g/mol. The number of carbonyl (C=O) groups is 1. The summed E-state index contributed by atoms with van der Waals surface area (Å²) in [7, 11) is -0.145. The first kappa shape index (κ1) is 23.7. The monoisotopic (exact) mass is 452 g/mol. The van der Waals surface area contributed by atoms with Crippen LogP contribution in [0.3, 0.4) is 0 Å². The molecule has 0 atom stereocenters. The quantitative estimate of drug-likeness (QED) is 0.404. The predicted molar refractivity (Wildman–Crippen MR) is 133 cm³/mol. The first-order chi connectivity index (χ1) is 15.0. The van der Waals surface area contributed by atoms with Crippen molar-refractivity contribution in [1.29, 1.82) is 0 Å². The summed E-state index contributed by atoms with van der Waals surface area (Å²) in [6.07, 6.45) is 1.59. The standard InChI is InChI=1S/C24H32N4O3Si/c1-24(2,3)32(5,6)31-15-14-25-19-10-9-11-20-17(19)16-18(23(30)28(20)4)22(29)27-21-12-7-8-13-26-21/h7-13,16,25H,14-15H2,1-6H3,(H,26,27,29). The number of aromatic nitrogens is 2. The van der Waals surface area contributed by atoms with Gasteiger partial charge in [0.25, 0.3) is 11.5 Å². The molecule has 0 unspecified atom stereocenters. The van der Waals surface area contributed by atoms with Gasteiger partial charge in [0.15, 0.2) is 8.32 Å². The van der Waals surface area contributed by atoms with E-state index in [0.29, 0.717) is 19.0 Å². The maximum absolute atomic E-state index is 12.8. The van der Waals surface area contributed by atoms with Gasteiger partial charge in [-0.15, -0.1) is 0 Å². The molecule has 3 aromatic rings. The molecule has 3 rings (SSSR count). The summed E-state index contributed by atoms with van der Waals surface area (Å²) < 4.78 is 7.75. The topological polar surface area (TPSA) is 85.2 Å². The van der Waals surface area contributed by atoms with E-state index in [4.69, 9.17) is 4.43 Å². The highest BCUT2D eigenvalue weighted by Crippen LogP contribution is 2.36. The number of pyridine rings is 2. The third-order valence-corrected chi connectivity index (χ3v) is 10.6. The molecule has 7 nitrogen and oxygen atoms in total. The summed E-state index contributed by atoms with van der Waals surface area (Å²) in [5, 5.41) is 7.06. The van der Waals surface area contributed by atoms with Gasteiger partial charge in [-0.2, -0.15) is 0 Å². The molecule has 2 heterocycles. The van der Waals surface area contributed by atoms with Gasteiger partial charge in [-0.3, -0.25) is 9.59 Å². The second-order valence-corrected chi connectivity index (χ2v) is 14.2. The molecule has 0 bridgehead atoms. The van der Waals surface area contributed by atoms with Crippen molar-refractivity contribution in [1.82, 2.24) is 9.55 Å². The van der Waals surface area contributed by atoms with Gasteiger partial charge in [0.05, 0.1) is 12.1 Å². The number of amides is 1. The number of benzene rings is 1. The first-order valence-electron chi connectivity index (χ1n) is 10.7. The smallest absolute Gasteiger partial charge is 0.263 e. The number of rotatable bonds is 7. The summed E-state index contributed by atoms with van der Waals surface area (Å²) >= 11 is 0. The van der Waals surface area contributed by atoms with Gasteiger partial charge in [-0.25, -0.2) is 4.98 Å². The van der Waals surface area contributed by atoms with Gasteiger partial charge < -0.3 is 19.6 Å². The molecule has 1 amide bonds. The fraction of sp³-hybridized carbons (Fsp3) is 0.375. The average Bonchev–Trinajstić information content (AvgIpc) is 2.73. The minimum atomic E-state index is -1.82. The lowest BCUT2D eigenvalue weighted by Gasteiger charge is -2.36. The molecular weight excluding hydrogens is 420 g/mol. The molecule has 8 heteroatoms. The van der Waals surface area contributed by atoms with Crippen LogP contribution in [0, 0.1) is 0 Å². The molecule has 2 aromatic heterocycles. The zero-order valence-corrected chi connectivity index (χ0v) is 20.7. The van der Waals surface area contributed by atoms with Crippen molar-refractivity contribution in [3.8, 4) is 0 Å². The van der Waals surface area contributed by atoms with E-state index in [1.54, 1.807) is 37.5 Å². The van der Waals surface area contributed by atoms with Crippen LogP contribution < -0.4 is 16.2 Å². The van der Waals surface area contributed by atoms with E-state index < -0.39 is 14.2 Å². The van der Waals surface area contributed by atoms with Crippen molar-refractivity contribution in [3.63, 3.8) is 0 Å². The lowest BCUT2D eigenvalue weighted by molar-refractivity contribution is 0.102. The highest BCUT2D eigenvalue weighted by molar-refractivity contribution is 6.74. The maximum Gasteiger partial charge on any atom is 0.263 e. The van der Waals surface area contributed by atoms with E-state index in [1.165, 1.54) is 4.57 Å². The molecule has 170 valence electrons. The minimum Gasteiger partial charge on any atom is -0.415 e. The lowest BCUT2D eigenvalue weighted by Crippen LogP contribution is -2.41. The Morgan fingerprint density at radius 3 is 2.56 bits per heavy atom. The van der Waals surface area contributed by atoms with Crippen LogP contribution in [0.5, 0.6) is 0 Å². The SMILES string of the molecule is Cn1c(=O)c(C(=O)Nc2ccccn2)cc2c(NCCO[Si](C)(C)C(C)(C)C)cccc21. The number of fused-ring (bicyclic) bond motifs is 1. The van der Waals surface area contributed by atoms with Crippen LogP contribution in [0.2, 0.25) is 18.1 Å². The number of anilines is 2. The Labute approximate surface area is 190 Å². The number of carbonyl (C=O) groups excluding carboxylic acids is 1. The fourth-order valence-corrected chi connectivity index (χ4v) is 4.18. The second kappa shape index (κ2) is 9.26. The molecule has 1 aromatic carbocycles. The molecule has 0 spiro atoms. The molecule has 0 saturated heterocycles. The van der Waals surface area contributed by atoms with Crippen molar-refractivity contribution >= 4 is 36.6 Å². The Kier molecular flexibility index (Phi) is 6.85. The van der Waals surface area contributed by atoms with Crippen LogP contribution >= 0.6 is 0 Å². The number of hydrogen-bond acceptors (Lipinski definition) is 5. The fourth-order valence-electron chi connectivity index (χ4n) is 3.14. The van der Waals surface area contributed by atoms with Crippen LogP contribution in [0.4, 0.5) is 11.5 Å². The van der Waals surface area contributed by atoms with Gasteiger partial charge in [-0.05, 0) is 48.5 Å². The highest BCUT2D eigenvalue weighted by Gasteiger charge is 2.36. The largest absolute Gasteiger partial charge is 0.415 e. The molecule has 32 heavy (non-hydrogen) atoms. The zero-order chi connectivity index (χ0) is 23.5. The van der Waals surface area contributed by atoms with Crippen molar-refractivity contribution in [2.45, 2.75) is 38.9 Å². The number of aryl methyl sites for hydroxylation is 1. The summed E-state index contributed by atoms with van der Waals surface area (Å²) in [6.45, 7) is 12.3. The Bertz CT molecular complexity index is 1170. The summed E-state index contributed by atoms with van der Waals surface area (Å²) in [4.78, 5) is 29.7. The van der Waals surface area contributed by atoms with Crippen LogP contribution in [0.15, 0.2) is 53.5 Å². The van der Waals surface area contributed by atoms with Gasteiger partial charge in [0.2, 0.25) is 0 Å². The highest BCUT2D eigenvalue weighted by atomic mass is 28.4. The molecule has 0 fully saturated rings. The second-order valence-electron chi connectivity index (χ2n) is 9.37. The van der Waals surface area contributed by atoms with E-state index in [0.717, 1.165) is 16.6 Å². The van der Waals surface area contributed by atoms with Crippen LogP contribution in [-0.2, 0) is 11.5 Å². The predicted octanol–water partition coefficient (Wildman–Crippen LogP) is 4.62. The van der Waals surface area contributed by atoms with E-state index in [2.05, 4.69) is 49.5 Å². The summed E-state index contributed by atoms with van der Waals surface area (Å²) in [6, 6.07) is 12.6. The lowest BCUT2D eigenvalue weighted by atomic mass is 10.1. The molecule has 0 saturated carbocycles. The van der Waals surface area contributed by atoms with Gasteiger partial charge in [0, 0.05) is 30.9 Å². The minimum absolute atomic E-state index is 0.0671. The third kappa shape index (κ3) is 5.08. The van der Waals surface area contributed by atoms with Crippen molar-refractivity contribution in [2.24, 2.45) is 7.05 Å². The number of nitrogens with zero attached hydrogens (tertiary/aromatic N) is 2. The van der Waals surface area contributed by atoms with Crippen LogP contribution in [-0.4, -0.2) is 36.9 Å². The van der Waals surface area contributed by atoms with Crippen LogP contribution in [0.1, 0.15) is 31.1 Å². The Morgan fingerprint density at radius 2 is 1.91 bits per heavy atom. The number of nitrogens with one attached hydrogen (secondary N) is 2. The zero-order valence-electron chi connectivity index (χ0n) is 19.7. The van der Waals surface area contributed by atoms with E-state index in [9.17, 15) is 9.59 Å². The van der Waals surface area contributed by atoms with Gasteiger partial charge in [-0.1, -0.05) is 32.9 Å². The molecule has 0 aliphatic carbocycles. The van der Waals surface area contributed by atoms with Crippen molar-refractivity contribution < 1.29 is 9.22 Å². The van der Waals surface area contributed by atoms with Gasteiger partial charge >= 0.3 is 0 Å². The van der Waals surface area contributed by atoms with E-state index in [1.807, 2.05) is 18.2 Å².